The molecule has 9 heteroatoms. The number of hydrogen-bond acceptors (Lipinski definition) is 5. The molecule has 0 spiro atoms. The standard InChI is InChI=1S/C26H28ClFN4O3/c1-3-30-8-10-31(11-9-30)23-14-22-18(13-21(23)28)25(33)19(15-32(22)17-5-6-17)26(34)29-16-4-7-24(35-2)20(27)12-16/h4,7,12-15,17H,3,5-6,8-11H2,1-2H3,(H,29,34). The molecule has 0 atom stereocenters. The van der Waals surface area contributed by atoms with Gasteiger partial charge in [-0.2, -0.15) is 0 Å². The molecule has 0 bridgehead atoms. The van der Waals surface area contributed by atoms with Crippen LogP contribution >= 0.6 is 11.6 Å². The Morgan fingerprint density at radius 1 is 1.17 bits per heavy atom. The number of aromatic nitrogens is 1. The van der Waals surface area contributed by atoms with Gasteiger partial charge < -0.3 is 24.4 Å². The van der Waals surface area contributed by atoms with Crippen LogP contribution in [-0.2, 0) is 0 Å². The van der Waals surface area contributed by atoms with Gasteiger partial charge in [0.2, 0.25) is 5.43 Å². The molecule has 184 valence electrons. The molecule has 2 fully saturated rings. The third-order valence-corrected chi connectivity index (χ3v) is 7.15. The normalized spacial score (nSPS) is 16.5. The summed E-state index contributed by atoms with van der Waals surface area (Å²) in [6.45, 7) is 6.31. The van der Waals surface area contributed by atoms with Gasteiger partial charge >= 0.3 is 0 Å². The lowest BCUT2D eigenvalue weighted by atomic mass is 10.1. The van der Waals surface area contributed by atoms with Crippen molar-refractivity contribution in [2.45, 2.75) is 25.8 Å². The molecular formula is C26H28ClFN4O3. The van der Waals surface area contributed by atoms with Crippen LogP contribution in [0.5, 0.6) is 5.75 Å². The van der Waals surface area contributed by atoms with Gasteiger partial charge in [-0.1, -0.05) is 18.5 Å². The number of pyridine rings is 1. The molecule has 2 aliphatic rings. The van der Waals surface area contributed by atoms with Crippen LogP contribution in [0.15, 0.2) is 41.3 Å². The van der Waals surface area contributed by atoms with Gasteiger partial charge in [0.1, 0.15) is 17.1 Å². The summed E-state index contributed by atoms with van der Waals surface area (Å²) in [7, 11) is 1.50. The number of hydrogen-bond donors (Lipinski definition) is 1. The molecule has 1 aliphatic carbocycles. The Kier molecular flexibility index (Phi) is 6.42. The highest BCUT2D eigenvalue weighted by molar-refractivity contribution is 6.32. The minimum absolute atomic E-state index is 0.0277. The predicted molar refractivity (Wildman–Crippen MR) is 137 cm³/mol. The lowest BCUT2D eigenvalue weighted by molar-refractivity contribution is 0.102. The molecule has 0 unspecified atom stereocenters. The van der Waals surface area contributed by atoms with Gasteiger partial charge in [-0.3, -0.25) is 9.59 Å². The fourth-order valence-corrected chi connectivity index (χ4v) is 4.92. The van der Waals surface area contributed by atoms with Crippen LogP contribution in [-0.4, -0.2) is 55.2 Å². The molecule has 1 N–H and O–H groups in total. The molecule has 1 saturated heterocycles. The Morgan fingerprint density at radius 3 is 2.54 bits per heavy atom. The van der Waals surface area contributed by atoms with Crippen LogP contribution in [0, 0.1) is 5.82 Å². The predicted octanol–water partition coefficient (Wildman–Crippen LogP) is 4.53. The van der Waals surface area contributed by atoms with Gasteiger partial charge in [0, 0.05) is 49.5 Å². The first-order valence-corrected chi connectivity index (χ1v) is 12.3. The number of amides is 1. The molecule has 1 aromatic heterocycles. The SMILES string of the molecule is CCN1CCN(c2cc3c(cc2F)c(=O)c(C(=O)Nc2ccc(OC)c(Cl)c2)cn3C2CC2)CC1. The average molecular weight is 499 g/mol. The summed E-state index contributed by atoms with van der Waals surface area (Å²) < 4.78 is 22.4. The monoisotopic (exact) mass is 498 g/mol. The summed E-state index contributed by atoms with van der Waals surface area (Å²) in [5, 5.41) is 3.29. The summed E-state index contributed by atoms with van der Waals surface area (Å²) in [5.41, 5.74) is 1.09. The topological polar surface area (TPSA) is 66.8 Å². The van der Waals surface area contributed by atoms with Crippen LogP contribution in [0.2, 0.25) is 5.02 Å². The molecule has 1 aliphatic heterocycles. The van der Waals surface area contributed by atoms with Gasteiger partial charge in [-0.05, 0) is 49.7 Å². The zero-order chi connectivity index (χ0) is 24.7. The van der Waals surface area contributed by atoms with Crippen LogP contribution in [0.25, 0.3) is 10.9 Å². The number of nitrogens with zero attached hydrogens (tertiary/aromatic N) is 3. The highest BCUT2D eigenvalue weighted by Crippen LogP contribution is 2.38. The lowest BCUT2D eigenvalue weighted by Crippen LogP contribution is -2.46. The third kappa shape index (κ3) is 4.60. The van der Waals surface area contributed by atoms with E-state index in [1.54, 1.807) is 30.5 Å². The van der Waals surface area contributed by atoms with Crippen molar-refractivity contribution in [3.05, 3.63) is 63.2 Å². The van der Waals surface area contributed by atoms with Gasteiger partial charge in [0.15, 0.2) is 0 Å². The summed E-state index contributed by atoms with van der Waals surface area (Å²) in [6.07, 6.45) is 3.52. The maximum atomic E-state index is 15.3. The van der Waals surface area contributed by atoms with E-state index in [4.69, 9.17) is 16.3 Å². The van der Waals surface area contributed by atoms with Crippen molar-refractivity contribution in [3.8, 4) is 5.75 Å². The number of likely N-dealkylation sites (N-methyl/N-ethyl adjacent to an activating group) is 1. The molecule has 1 saturated carbocycles. The van der Waals surface area contributed by atoms with Crippen molar-refractivity contribution >= 4 is 39.8 Å². The summed E-state index contributed by atoms with van der Waals surface area (Å²) in [4.78, 5) is 30.8. The molecule has 1 amide bonds. The highest BCUT2D eigenvalue weighted by atomic mass is 35.5. The minimum Gasteiger partial charge on any atom is -0.495 e. The van der Waals surface area contributed by atoms with Crippen molar-refractivity contribution in [3.63, 3.8) is 0 Å². The first kappa shape index (κ1) is 23.6. The third-order valence-electron chi connectivity index (χ3n) is 6.86. The van der Waals surface area contributed by atoms with E-state index in [1.165, 1.54) is 13.2 Å². The van der Waals surface area contributed by atoms with Crippen molar-refractivity contribution in [1.29, 1.82) is 0 Å². The first-order chi connectivity index (χ1) is 16.9. The van der Waals surface area contributed by atoms with Crippen LogP contribution in [0.4, 0.5) is 15.8 Å². The molecule has 2 heterocycles. The fraction of sp³-hybridized carbons (Fsp3) is 0.385. The minimum atomic E-state index is -0.562. The molecule has 0 radical (unpaired) electrons. The Morgan fingerprint density at radius 2 is 1.91 bits per heavy atom. The van der Waals surface area contributed by atoms with Crippen LogP contribution in [0.3, 0.4) is 0 Å². The van der Waals surface area contributed by atoms with Crippen LogP contribution in [0.1, 0.15) is 36.2 Å². The van der Waals surface area contributed by atoms with E-state index in [9.17, 15) is 9.59 Å². The average Bonchev–Trinajstić information content (AvgIpc) is 3.70. The largest absolute Gasteiger partial charge is 0.495 e. The number of halogens is 2. The second kappa shape index (κ2) is 9.51. The van der Waals surface area contributed by atoms with Crippen LogP contribution < -0.4 is 20.4 Å². The number of rotatable bonds is 6. The zero-order valence-electron chi connectivity index (χ0n) is 19.8. The van der Waals surface area contributed by atoms with Crippen molar-refractivity contribution in [1.82, 2.24) is 9.47 Å². The summed E-state index contributed by atoms with van der Waals surface area (Å²) in [5.74, 6) is -0.525. The number of methoxy groups -OCH3 is 1. The first-order valence-electron chi connectivity index (χ1n) is 11.9. The van der Waals surface area contributed by atoms with Gasteiger partial charge in [-0.25, -0.2) is 4.39 Å². The maximum Gasteiger partial charge on any atom is 0.261 e. The molecular weight excluding hydrogens is 471 g/mol. The second-order valence-electron chi connectivity index (χ2n) is 9.06. The Balaban J connectivity index is 1.52. The fourth-order valence-electron chi connectivity index (χ4n) is 4.67. The Hall–Kier alpha value is -3.10. The summed E-state index contributed by atoms with van der Waals surface area (Å²) in [6, 6.07) is 8.10. The number of piperazine rings is 1. The smallest absolute Gasteiger partial charge is 0.261 e. The number of carbonyl (C=O) groups is 1. The maximum absolute atomic E-state index is 15.3. The number of anilines is 2. The molecule has 7 nitrogen and oxygen atoms in total. The van der Waals surface area contributed by atoms with Crippen molar-refractivity contribution < 1.29 is 13.9 Å². The van der Waals surface area contributed by atoms with Crippen molar-refractivity contribution in [2.24, 2.45) is 0 Å². The van der Waals surface area contributed by atoms with Crippen molar-refractivity contribution in [2.75, 3.05) is 50.1 Å². The number of benzene rings is 2. The molecule has 2 aromatic carbocycles. The Bertz CT molecular complexity index is 1350. The number of nitrogens with one attached hydrogen (secondary N) is 1. The molecule has 3 aromatic rings. The zero-order valence-corrected chi connectivity index (χ0v) is 20.6. The van der Waals surface area contributed by atoms with E-state index in [1.807, 2.05) is 9.47 Å². The van der Waals surface area contributed by atoms with E-state index in [2.05, 4.69) is 17.1 Å². The number of fused-ring (bicyclic) bond motifs is 1. The number of carbonyl (C=O) groups excluding carboxylic acids is 1. The van der Waals surface area contributed by atoms with E-state index in [-0.39, 0.29) is 17.0 Å². The van der Waals surface area contributed by atoms with E-state index < -0.39 is 17.2 Å². The Labute approximate surface area is 208 Å². The second-order valence-corrected chi connectivity index (χ2v) is 9.46. The van der Waals surface area contributed by atoms with E-state index in [0.29, 0.717) is 27.7 Å². The van der Waals surface area contributed by atoms with Gasteiger partial charge in [0.05, 0.1) is 23.3 Å². The molecule has 35 heavy (non-hydrogen) atoms. The highest BCUT2D eigenvalue weighted by Gasteiger charge is 2.28. The number of ether oxygens (including phenoxy) is 1. The van der Waals surface area contributed by atoms with Gasteiger partial charge in [0.25, 0.3) is 5.91 Å². The van der Waals surface area contributed by atoms with E-state index in [0.717, 1.165) is 45.6 Å². The quantitative estimate of drug-likeness (QED) is 0.541. The lowest BCUT2D eigenvalue weighted by Gasteiger charge is -2.35. The summed E-state index contributed by atoms with van der Waals surface area (Å²) >= 11 is 6.17. The molecule has 5 rings (SSSR count). The van der Waals surface area contributed by atoms with E-state index >= 15 is 4.39 Å². The van der Waals surface area contributed by atoms with Gasteiger partial charge in [-0.15, -0.1) is 0 Å².